The van der Waals surface area contributed by atoms with Crippen molar-refractivity contribution < 1.29 is 9.53 Å². The third-order valence-corrected chi connectivity index (χ3v) is 6.47. The van der Waals surface area contributed by atoms with E-state index in [-0.39, 0.29) is 5.91 Å². The Labute approximate surface area is 209 Å². The molecule has 6 nitrogen and oxygen atoms in total. The van der Waals surface area contributed by atoms with E-state index in [1.807, 2.05) is 59.5 Å². The Morgan fingerprint density at radius 3 is 2.51 bits per heavy atom. The lowest BCUT2D eigenvalue weighted by Crippen LogP contribution is -2.24. The Kier molecular flexibility index (Phi) is 6.39. The maximum absolute atomic E-state index is 12.4. The summed E-state index contributed by atoms with van der Waals surface area (Å²) in [6.07, 6.45) is 0.587. The lowest BCUT2D eigenvalue weighted by Gasteiger charge is -2.19. The first-order valence-electron chi connectivity index (χ1n) is 11.8. The molecule has 4 aromatic rings. The summed E-state index contributed by atoms with van der Waals surface area (Å²) in [5.74, 6) is 2.22. The Morgan fingerprint density at radius 1 is 1.06 bits per heavy atom. The van der Waals surface area contributed by atoms with Gasteiger partial charge < -0.3 is 9.64 Å². The van der Waals surface area contributed by atoms with Gasteiger partial charge in [-0.05, 0) is 66.4 Å². The van der Waals surface area contributed by atoms with Gasteiger partial charge in [0.15, 0.2) is 0 Å². The first kappa shape index (κ1) is 23.2. The van der Waals surface area contributed by atoms with E-state index in [2.05, 4.69) is 36.0 Å². The molecule has 7 heteroatoms. The number of hydrogen-bond donors (Lipinski definition) is 0. The number of fused-ring (bicyclic) bond motifs is 1. The topological polar surface area (TPSA) is 68.2 Å². The molecule has 3 heterocycles. The molecule has 1 unspecified atom stereocenters. The van der Waals surface area contributed by atoms with Crippen molar-refractivity contribution in [1.82, 2.24) is 20.1 Å². The van der Waals surface area contributed by atoms with Crippen molar-refractivity contribution in [3.8, 4) is 22.8 Å². The van der Waals surface area contributed by atoms with Gasteiger partial charge in [-0.25, -0.2) is 4.98 Å². The SMILES string of the molecule is CC1CC(=O)N(Cc2cc3ccc(Cl)nc3cc2Oc2ccc(-c3ccc(C(C)C)nn3)cc2)C1. The summed E-state index contributed by atoms with van der Waals surface area (Å²) in [6, 6.07) is 19.4. The first-order chi connectivity index (χ1) is 16.9. The van der Waals surface area contributed by atoms with Crippen molar-refractivity contribution in [2.75, 3.05) is 6.54 Å². The third-order valence-electron chi connectivity index (χ3n) is 6.26. The first-order valence-corrected chi connectivity index (χ1v) is 12.2. The van der Waals surface area contributed by atoms with Crippen molar-refractivity contribution in [3.05, 3.63) is 77.1 Å². The second-order valence-corrected chi connectivity index (χ2v) is 9.88. The molecule has 1 fully saturated rings. The van der Waals surface area contributed by atoms with Crippen molar-refractivity contribution in [2.24, 2.45) is 5.92 Å². The molecule has 0 spiro atoms. The fourth-order valence-electron chi connectivity index (χ4n) is 4.35. The van der Waals surface area contributed by atoms with Crippen LogP contribution in [0.4, 0.5) is 0 Å². The van der Waals surface area contributed by atoms with Crippen LogP contribution in [0.1, 0.15) is 44.4 Å². The summed E-state index contributed by atoms with van der Waals surface area (Å²) in [4.78, 5) is 18.8. The Hall–Kier alpha value is -3.51. The predicted octanol–water partition coefficient (Wildman–Crippen LogP) is 6.63. The van der Waals surface area contributed by atoms with E-state index in [9.17, 15) is 4.79 Å². The zero-order valence-corrected chi connectivity index (χ0v) is 20.8. The Bertz CT molecular complexity index is 1370. The van der Waals surface area contributed by atoms with Gasteiger partial charge in [0.05, 0.1) is 16.9 Å². The molecule has 0 bridgehead atoms. The Morgan fingerprint density at radius 2 is 1.86 bits per heavy atom. The van der Waals surface area contributed by atoms with Crippen LogP contribution in [0.25, 0.3) is 22.2 Å². The number of rotatable bonds is 6. The Balaban J connectivity index is 1.43. The smallest absolute Gasteiger partial charge is 0.223 e. The fourth-order valence-corrected chi connectivity index (χ4v) is 4.50. The van der Waals surface area contributed by atoms with Crippen LogP contribution in [0.5, 0.6) is 11.5 Å². The highest BCUT2D eigenvalue weighted by Gasteiger charge is 2.27. The molecule has 1 aliphatic rings. The quantitative estimate of drug-likeness (QED) is 0.286. The number of aromatic nitrogens is 3. The van der Waals surface area contributed by atoms with Gasteiger partial charge in [-0.2, -0.15) is 10.2 Å². The molecule has 1 amide bonds. The molecule has 0 radical (unpaired) electrons. The highest BCUT2D eigenvalue weighted by molar-refractivity contribution is 6.29. The minimum absolute atomic E-state index is 0.173. The van der Waals surface area contributed by atoms with Crippen LogP contribution in [0.15, 0.2) is 60.7 Å². The number of pyridine rings is 1. The molecule has 178 valence electrons. The summed E-state index contributed by atoms with van der Waals surface area (Å²) >= 11 is 6.13. The van der Waals surface area contributed by atoms with Crippen molar-refractivity contribution in [2.45, 2.75) is 39.7 Å². The molecule has 0 aliphatic carbocycles. The normalized spacial score (nSPS) is 15.9. The van der Waals surface area contributed by atoms with E-state index in [1.165, 1.54) is 0 Å². The van der Waals surface area contributed by atoms with Gasteiger partial charge in [-0.1, -0.05) is 32.4 Å². The van der Waals surface area contributed by atoms with E-state index < -0.39 is 0 Å². The number of amides is 1. The number of carbonyl (C=O) groups excluding carboxylic acids is 1. The number of ether oxygens (including phenoxy) is 1. The molecule has 2 aromatic heterocycles. The lowest BCUT2D eigenvalue weighted by atomic mass is 10.1. The zero-order chi connectivity index (χ0) is 24.5. The minimum Gasteiger partial charge on any atom is -0.457 e. The van der Waals surface area contributed by atoms with Crippen molar-refractivity contribution in [3.63, 3.8) is 0 Å². The van der Waals surface area contributed by atoms with Crippen LogP contribution in [-0.2, 0) is 11.3 Å². The molecule has 35 heavy (non-hydrogen) atoms. The summed E-state index contributed by atoms with van der Waals surface area (Å²) in [5, 5.41) is 10.1. The van der Waals surface area contributed by atoms with Crippen molar-refractivity contribution >= 4 is 28.4 Å². The average molecular weight is 487 g/mol. The number of carbonyl (C=O) groups is 1. The molecule has 2 aromatic carbocycles. The number of likely N-dealkylation sites (tertiary alicyclic amines) is 1. The van der Waals surface area contributed by atoms with Crippen LogP contribution in [0, 0.1) is 5.92 Å². The zero-order valence-electron chi connectivity index (χ0n) is 20.0. The molecular weight excluding hydrogens is 460 g/mol. The maximum atomic E-state index is 12.4. The molecule has 5 rings (SSSR count). The van der Waals surface area contributed by atoms with Crippen LogP contribution in [-0.4, -0.2) is 32.5 Å². The molecule has 0 N–H and O–H groups in total. The number of benzene rings is 2. The summed E-state index contributed by atoms with van der Waals surface area (Å²) in [6.45, 7) is 7.54. The molecule has 0 saturated carbocycles. The average Bonchev–Trinajstić information content (AvgIpc) is 3.16. The molecule has 1 aliphatic heterocycles. The highest BCUT2D eigenvalue weighted by atomic mass is 35.5. The summed E-state index contributed by atoms with van der Waals surface area (Å²) < 4.78 is 6.31. The van der Waals surface area contributed by atoms with Crippen molar-refractivity contribution in [1.29, 1.82) is 0 Å². The van der Waals surface area contributed by atoms with E-state index in [4.69, 9.17) is 16.3 Å². The largest absolute Gasteiger partial charge is 0.457 e. The van der Waals surface area contributed by atoms with Gasteiger partial charge >= 0.3 is 0 Å². The highest BCUT2D eigenvalue weighted by Crippen LogP contribution is 2.33. The number of hydrogen-bond acceptors (Lipinski definition) is 5. The maximum Gasteiger partial charge on any atom is 0.223 e. The van der Waals surface area contributed by atoms with E-state index in [0.717, 1.165) is 40.0 Å². The monoisotopic (exact) mass is 486 g/mol. The van der Waals surface area contributed by atoms with E-state index in [0.29, 0.717) is 41.5 Å². The fraction of sp³-hybridized carbons (Fsp3) is 0.286. The van der Waals surface area contributed by atoms with E-state index in [1.54, 1.807) is 6.07 Å². The second-order valence-electron chi connectivity index (χ2n) is 9.49. The third kappa shape index (κ3) is 5.13. The van der Waals surface area contributed by atoms with Gasteiger partial charge in [0, 0.05) is 42.1 Å². The van der Waals surface area contributed by atoms with Crippen LogP contribution >= 0.6 is 11.6 Å². The summed E-state index contributed by atoms with van der Waals surface area (Å²) in [5.41, 5.74) is 4.42. The number of nitrogens with zero attached hydrogens (tertiary/aromatic N) is 4. The second kappa shape index (κ2) is 9.62. The lowest BCUT2D eigenvalue weighted by molar-refractivity contribution is -0.128. The van der Waals surface area contributed by atoms with Crippen LogP contribution in [0.2, 0.25) is 5.15 Å². The van der Waals surface area contributed by atoms with Crippen LogP contribution < -0.4 is 4.74 Å². The minimum atomic E-state index is 0.173. The molecular formula is C28H27ClN4O2. The van der Waals surface area contributed by atoms with Gasteiger partial charge in [0.1, 0.15) is 16.7 Å². The van der Waals surface area contributed by atoms with Gasteiger partial charge in [-0.3, -0.25) is 4.79 Å². The molecule has 1 saturated heterocycles. The van der Waals surface area contributed by atoms with Gasteiger partial charge in [0.25, 0.3) is 0 Å². The van der Waals surface area contributed by atoms with E-state index >= 15 is 0 Å². The van der Waals surface area contributed by atoms with Gasteiger partial charge in [0.2, 0.25) is 5.91 Å². The predicted molar refractivity (Wildman–Crippen MR) is 138 cm³/mol. The standard InChI is InChI=1S/C28H27ClN4O2/c1-17(2)23-9-10-24(32-31-23)19-4-7-22(8-5-19)35-26-14-25-20(6-11-27(29)30-25)13-21(26)16-33-15-18(3)12-28(33)34/h4-11,13-14,17-18H,12,15-16H2,1-3H3. The summed E-state index contributed by atoms with van der Waals surface area (Å²) in [7, 11) is 0. The molecule has 1 atom stereocenters. The van der Waals surface area contributed by atoms with Crippen LogP contribution in [0.3, 0.4) is 0 Å². The van der Waals surface area contributed by atoms with Gasteiger partial charge in [-0.15, -0.1) is 0 Å². The number of halogens is 1.